The molecule has 1 N–H and O–H groups in total. The first-order chi connectivity index (χ1) is 17.4. The minimum atomic E-state index is -1.35. The maximum atomic E-state index is 13.2. The molecule has 0 bridgehead atoms. The lowest BCUT2D eigenvalue weighted by Gasteiger charge is -2.34. The number of halogens is 1. The molecule has 1 atom stereocenters. The number of likely N-dealkylation sites (tertiary alicyclic amines) is 1. The van der Waals surface area contributed by atoms with Gasteiger partial charge in [-0.15, -0.1) is 11.6 Å². The summed E-state index contributed by atoms with van der Waals surface area (Å²) < 4.78 is 5.16. The van der Waals surface area contributed by atoms with Gasteiger partial charge in [-0.25, -0.2) is 4.79 Å². The lowest BCUT2D eigenvalue weighted by Crippen LogP contribution is -2.58. The van der Waals surface area contributed by atoms with Gasteiger partial charge in [-0.3, -0.25) is 28.9 Å². The van der Waals surface area contributed by atoms with Crippen LogP contribution in [-0.2, 0) is 20.2 Å². The predicted octanol–water partition coefficient (Wildman–Crippen LogP) is 3.73. The Kier molecular flexibility index (Phi) is 6.88. The van der Waals surface area contributed by atoms with E-state index in [1.54, 1.807) is 45.0 Å². The number of fused-ring (bicyclic) bond motifs is 1. The average Bonchev–Trinajstić information content (AvgIpc) is 3.07. The quantitative estimate of drug-likeness (QED) is 0.475. The zero-order chi connectivity index (χ0) is 27.1. The van der Waals surface area contributed by atoms with E-state index in [0.29, 0.717) is 16.3 Å². The minimum Gasteiger partial charge on any atom is -0.443 e. The van der Waals surface area contributed by atoms with Crippen molar-refractivity contribution in [2.24, 2.45) is 0 Å². The largest absolute Gasteiger partial charge is 0.443 e. The second-order valence-electron chi connectivity index (χ2n) is 9.63. The smallest absolute Gasteiger partial charge is 0.424 e. The molecule has 0 radical (unpaired) electrons. The number of benzene rings is 2. The Hall–Kier alpha value is -4.05. The van der Waals surface area contributed by atoms with Gasteiger partial charge in [-0.2, -0.15) is 4.90 Å². The van der Waals surface area contributed by atoms with Crippen LogP contribution in [0.3, 0.4) is 0 Å². The molecule has 192 valence electrons. The van der Waals surface area contributed by atoms with Crippen molar-refractivity contribution in [3.05, 3.63) is 64.7 Å². The second kappa shape index (κ2) is 9.78. The van der Waals surface area contributed by atoms with Gasteiger partial charge in [-0.05, 0) is 63.1 Å². The van der Waals surface area contributed by atoms with Gasteiger partial charge >= 0.3 is 6.09 Å². The van der Waals surface area contributed by atoms with Crippen molar-refractivity contribution in [2.75, 3.05) is 5.32 Å². The topological polar surface area (TPSA) is 130 Å². The monoisotopic (exact) mass is 525 g/mol. The molecule has 2 aliphatic heterocycles. The number of carbonyl (C=O) groups is 6. The number of nitrogens with one attached hydrogen (secondary N) is 1. The lowest BCUT2D eigenvalue weighted by molar-refractivity contribution is -0.149. The van der Waals surface area contributed by atoms with Crippen LogP contribution in [0.25, 0.3) is 0 Å². The highest BCUT2D eigenvalue weighted by molar-refractivity contribution is 6.25. The highest BCUT2D eigenvalue weighted by atomic mass is 35.5. The van der Waals surface area contributed by atoms with Gasteiger partial charge in [0, 0.05) is 23.6 Å². The summed E-state index contributed by atoms with van der Waals surface area (Å²) >= 11 is 5.77. The molecule has 2 aromatic carbocycles. The fourth-order valence-electron chi connectivity index (χ4n) is 4.08. The first kappa shape index (κ1) is 26.0. The summed E-state index contributed by atoms with van der Waals surface area (Å²) in [5, 5.41) is 2.68. The molecule has 6 amide bonds. The first-order valence-electron chi connectivity index (χ1n) is 11.5. The van der Waals surface area contributed by atoms with Gasteiger partial charge in [0.1, 0.15) is 11.6 Å². The summed E-state index contributed by atoms with van der Waals surface area (Å²) in [5.41, 5.74) is 0.570. The zero-order valence-corrected chi connectivity index (χ0v) is 21.1. The lowest BCUT2D eigenvalue weighted by atomic mass is 10.0. The van der Waals surface area contributed by atoms with Crippen molar-refractivity contribution >= 4 is 52.9 Å². The summed E-state index contributed by atoms with van der Waals surface area (Å²) in [4.78, 5) is 78.0. The van der Waals surface area contributed by atoms with Crippen LogP contribution in [0.4, 0.5) is 10.5 Å². The highest BCUT2D eigenvalue weighted by Gasteiger charge is 2.49. The van der Waals surface area contributed by atoms with Crippen molar-refractivity contribution in [3.8, 4) is 0 Å². The van der Waals surface area contributed by atoms with Crippen molar-refractivity contribution in [1.29, 1.82) is 0 Å². The Labute approximate surface area is 217 Å². The molecule has 10 nitrogen and oxygen atoms in total. The predicted molar refractivity (Wildman–Crippen MR) is 132 cm³/mol. The highest BCUT2D eigenvalue weighted by Crippen LogP contribution is 2.31. The number of imide groups is 4. The summed E-state index contributed by atoms with van der Waals surface area (Å²) in [6.07, 6.45) is -1.51. The summed E-state index contributed by atoms with van der Waals surface area (Å²) in [6, 6.07) is 9.52. The van der Waals surface area contributed by atoms with Crippen molar-refractivity contribution < 1.29 is 33.5 Å². The minimum absolute atomic E-state index is 0.00574. The Morgan fingerprint density at radius 1 is 1.00 bits per heavy atom. The molecule has 4 rings (SSSR count). The third kappa shape index (κ3) is 5.10. The summed E-state index contributed by atoms with van der Waals surface area (Å²) in [7, 11) is 0. The van der Waals surface area contributed by atoms with E-state index < -0.39 is 47.3 Å². The Morgan fingerprint density at radius 2 is 1.65 bits per heavy atom. The van der Waals surface area contributed by atoms with Gasteiger partial charge < -0.3 is 10.1 Å². The van der Waals surface area contributed by atoms with E-state index in [1.807, 2.05) is 0 Å². The molecule has 1 fully saturated rings. The maximum Gasteiger partial charge on any atom is 0.424 e. The zero-order valence-electron chi connectivity index (χ0n) is 20.4. The molecule has 1 saturated heterocycles. The van der Waals surface area contributed by atoms with E-state index in [9.17, 15) is 28.8 Å². The van der Waals surface area contributed by atoms with Crippen LogP contribution in [0.1, 0.15) is 70.3 Å². The number of nitrogens with zero attached hydrogens (tertiary/aromatic N) is 2. The number of hydrogen-bond donors (Lipinski definition) is 1. The Morgan fingerprint density at radius 3 is 2.27 bits per heavy atom. The van der Waals surface area contributed by atoms with E-state index in [0.717, 1.165) is 10.5 Å². The summed E-state index contributed by atoms with van der Waals surface area (Å²) in [5.74, 6) is -3.38. The molecule has 0 saturated carbocycles. The van der Waals surface area contributed by atoms with Crippen molar-refractivity contribution in [1.82, 2.24) is 9.80 Å². The fourth-order valence-corrected chi connectivity index (χ4v) is 4.25. The number of anilines is 1. The van der Waals surface area contributed by atoms with Gasteiger partial charge in [0.2, 0.25) is 5.91 Å². The number of amides is 6. The van der Waals surface area contributed by atoms with Gasteiger partial charge in [0.25, 0.3) is 23.6 Å². The van der Waals surface area contributed by atoms with Crippen LogP contribution in [0.2, 0.25) is 0 Å². The molecule has 1 unspecified atom stereocenters. The number of alkyl halides is 1. The molecule has 2 aromatic rings. The average molecular weight is 526 g/mol. The number of ether oxygens (including phenoxy) is 1. The van der Waals surface area contributed by atoms with Crippen LogP contribution < -0.4 is 5.32 Å². The van der Waals surface area contributed by atoms with Crippen molar-refractivity contribution in [3.63, 3.8) is 0 Å². The SMILES string of the molecule is CC(C)(C)OC(=O)N1C(=O)CCC(N2C(=O)c3ccc(NC(=O)c4ccc(CCl)cc4)cc3C2=O)C1=O. The third-order valence-corrected chi connectivity index (χ3v) is 6.13. The number of carbonyl (C=O) groups excluding carboxylic acids is 6. The van der Waals surface area contributed by atoms with Crippen LogP contribution in [-0.4, -0.2) is 57.1 Å². The molecule has 0 aliphatic carbocycles. The number of hydrogen-bond acceptors (Lipinski definition) is 7. The molecule has 37 heavy (non-hydrogen) atoms. The third-order valence-electron chi connectivity index (χ3n) is 5.82. The van der Waals surface area contributed by atoms with E-state index in [4.69, 9.17) is 16.3 Å². The Bertz CT molecular complexity index is 1330. The van der Waals surface area contributed by atoms with E-state index in [2.05, 4.69) is 5.32 Å². The molecule has 11 heteroatoms. The molecule has 2 heterocycles. The van der Waals surface area contributed by atoms with Gasteiger partial charge in [-0.1, -0.05) is 12.1 Å². The molecule has 0 spiro atoms. The number of rotatable bonds is 4. The maximum absolute atomic E-state index is 13.2. The van der Waals surface area contributed by atoms with Crippen LogP contribution in [0.15, 0.2) is 42.5 Å². The van der Waals surface area contributed by atoms with E-state index in [-0.39, 0.29) is 29.7 Å². The van der Waals surface area contributed by atoms with Crippen LogP contribution in [0.5, 0.6) is 0 Å². The van der Waals surface area contributed by atoms with Gasteiger partial charge in [0.15, 0.2) is 0 Å². The molecular formula is C26H24ClN3O7. The first-order valence-corrected chi connectivity index (χ1v) is 12.0. The van der Waals surface area contributed by atoms with E-state index in [1.165, 1.54) is 18.2 Å². The molecule has 0 aromatic heterocycles. The van der Waals surface area contributed by atoms with Crippen LogP contribution in [0, 0.1) is 0 Å². The summed E-state index contributed by atoms with van der Waals surface area (Å²) in [6.45, 7) is 4.74. The Balaban J connectivity index is 1.54. The number of piperidine rings is 1. The molecule has 2 aliphatic rings. The fraction of sp³-hybridized carbons (Fsp3) is 0.308. The van der Waals surface area contributed by atoms with Crippen LogP contribution >= 0.6 is 11.6 Å². The van der Waals surface area contributed by atoms with Crippen molar-refractivity contribution in [2.45, 2.75) is 51.1 Å². The normalized spacial score (nSPS) is 17.7. The second-order valence-corrected chi connectivity index (χ2v) is 9.89. The van der Waals surface area contributed by atoms with Gasteiger partial charge in [0.05, 0.1) is 11.1 Å². The van der Waals surface area contributed by atoms with E-state index >= 15 is 0 Å². The standard InChI is InChI=1S/C26H24ClN3O7/c1-26(2,3)37-25(36)30-20(31)11-10-19(24(30)35)29-22(33)17-9-8-16(12-18(17)23(29)34)28-21(32)15-6-4-14(13-27)5-7-15/h4-9,12,19H,10-11,13H2,1-3H3,(H,28,32). The molecular weight excluding hydrogens is 502 g/mol.